The molecule has 1 heterocycles. The van der Waals surface area contributed by atoms with Crippen LogP contribution >= 0.6 is 0 Å². The molecule has 1 aliphatic heterocycles. The first-order valence-corrected chi connectivity index (χ1v) is 9.93. The van der Waals surface area contributed by atoms with Gasteiger partial charge in [-0.05, 0) is 30.7 Å². The third-order valence-corrected chi connectivity index (χ3v) is 6.28. The van der Waals surface area contributed by atoms with Gasteiger partial charge in [0.05, 0.1) is 18.1 Å². The predicted molar refractivity (Wildman–Crippen MR) is 98.4 cm³/mol. The smallest absolute Gasteiger partial charge is 0.251 e. The number of aryl methyl sites for hydroxylation is 1. The molecule has 0 unspecified atom stereocenters. The molecule has 0 radical (unpaired) electrons. The zero-order valence-electron chi connectivity index (χ0n) is 14.6. The molecule has 7 heteroatoms. The normalized spacial score (nSPS) is 15.6. The van der Waals surface area contributed by atoms with Gasteiger partial charge < -0.3 is 10.1 Å². The minimum atomic E-state index is -3.61. The Hall–Kier alpha value is -2.22. The van der Waals surface area contributed by atoms with Crippen LogP contribution in [0, 0.1) is 6.92 Å². The Morgan fingerprint density at radius 3 is 2.58 bits per heavy atom. The van der Waals surface area contributed by atoms with Gasteiger partial charge in [-0.15, -0.1) is 0 Å². The van der Waals surface area contributed by atoms with Crippen LogP contribution in [-0.4, -0.2) is 44.9 Å². The van der Waals surface area contributed by atoms with Crippen molar-refractivity contribution in [2.45, 2.75) is 18.4 Å². The monoisotopic (exact) mass is 374 g/mol. The zero-order chi connectivity index (χ0) is 18.6. The fourth-order valence-corrected chi connectivity index (χ4v) is 4.52. The summed E-state index contributed by atoms with van der Waals surface area (Å²) >= 11 is 0. The molecule has 0 aliphatic carbocycles. The lowest BCUT2D eigenvalue weighted by Crippen LogP contribution is -2.41. The molecule has 138 valence electrons. The van der Waals surface area contributed by atoms with E-state index in [2.05, 4.69) is 5.32 Å². The molecule has 0 spiro atoms. The van der Waals surface area contributed by atoms with Crippen molar-refractivity contribution in [2.75, 3.05) is 26.3 Å². The summed E-state index contributed by atoms with van der Waals surface area (Å²) in [5.74, 6) is -0.229. The van der Waals surface area contributed by atoms with Crippen LogP contribution in [0.4, 0.5) is 0 Å². The highest BCUT2D eigenvalue weighted by Crippen LogP contribution is 2.21. The quantitative estimate of drug-likeness (QED) is 0.868. The van der Waals surface area contributed by atoms with E-state index in [4.69, 9.17) is 4.74 Å². The molecule has 3 rings (SSSR count). The largest absolute Gasteiger partial charge is 0.379 e. The van der Waals surface area contributed by atoms with E-state index in [1.54, 1.807) is 36.4 Å². The first-order chi connectivity index (χ1) is 12.5. The topological polar surface area (TPSA) is 75.7 Å². The van der Waals surface area contributed by atoms with Crippen molar-refractivity contribution in [1.82, 2.24) is 9.62 Å². The van der Waals surface area contributed by atoms with Gasteiger partial charge in [0.2, 0.25) is 10.0 Å². The Kier molecular flexibility index (Phi) is 5.70. The molecule has 1 fully saturated rings. The Labute approximate surface area is 153 Å². The van der Waals surface area contributed by atoms with Gasteiger partial charge in [-0.2, -0.15) is 4.31 Å². The molecule has 26 heavy (non-hydrogen) atoms. The highest BCUT2D eigenvalue weighted by molar-refractivity contribution is 7.89. The maximum atomic E-state index is 12.9. The summed E-state index contributed by atoms with van der Waals surface area (Å²) in [6.45, 7) is 3.53. The van der Waals surface area contributed by atoms with Crippen molar-refractivity contribution in [3.63, 3.8) is 0 Å². The van der Waals surface area contributed by atoms with Gasteiger partial charge >= 0.3 is 0 Å². The van der Waals surface area contributed by atoms with Crippen LogP contribution in [0.1, 0.15) is 21.5 Å². The fraction of sp³-hybridized carbons (Fsp3) is 0.316. The van der Waals surface area contributed by atoms with Crippen LogP contribution in [0.5, 0.6) is 0 Å². The Morgan fingerprint density at radius 1 is 1.12 bits per heavy atom. The third-order valence-electron chi connectivity index (χ3n) is 4.28. The number of nitrogens with one attached hydrogen (secondary N) is 1. The molecular formula is C19H22N2O4S. The highest BCUT2D eigenvalue weighted by Gasteiger charge is 2.28. The number of benzene rings is 2. The number of carbonyl (C=O) groups excluding carboxylic acids is 1. The van der Waals surface area contributed by atoms with Gasteiger partial charge in [0.25, 0.3) is 5.91 Å². The maximum Gasteiger partial charge on any atom is 0.251 e. The van der Waals surface area contributed by atoms with Crippen molar-refractivity contribution in [3.05, 3.63) is 65.2 Å². The predicted octanol–water partition coefficient (Wildman–Crippen LogP) is 1.95. The van der Waals surface area contributed by atoms with Gasteiger partial charge in [0.1, 0.15) is 0 Å². The van der Waals surface area contributed by atoms with Crippen LogP contribution in [0.2, 0.25) is 0 Å². The highest BCUT2D eigenvalue weighted by atomic mass is 32.2. The SMILES string of the molecule is Cc1cccc(C(=O)NCc2ccccc2S(=O)(=O)N2CCOCC2)c1. The first kappa shape index (κ1) is 18.6. The molecule has 0 atom stereocenters. The lowest BCUT2D eigenvalue weighted by atomic mass is 10.1. The number of carbonyl (C=O) groups is 1. The van der Waals surface area contributed by atoms with Crippen LogP contribution < -0.4 is 5.32 Å². The van der Waals surface area contributed by atoms with Crippen LogP contribution in [0.3, 0.4) is 0 Å². The summed E-state index contributed by atoms with van der Waals surface area (Å²) in [6.07, 6.45) is 0. The molecule has 2 aromatic rings. The first-order valence-electron chi connectivity index (χ1n) is 8.49. The number of amides is 1. The van der Waals surface area contributed by atoms with Gasteiger partial charge in [-0.1, -0.05) is 35.9 Å². The Bertz CT molecular complexity index is 890. The van der Waals surface area contributed by atoms with Gasteiger partial charge in [-0.3, -0.25) is 4.79 Å². The summed E-state index contributed by atoms with van der Waals surface area (Å²) in [5.41, 5.74) is 2.12. The molecule has 0 aromatic heterocycles. The van der Waals surface area contributed by atoms with Gasteiger partial charge in [0, 0.05) is 25.2 Å². The van der Waals surface area contributed by atoms with Crippen LogP contribution in [0.25, 0.3) is 0 Å². The van der Waals surface area contributed by atoms with E-state index < -0.39 is 10.0 Å². The number of hydrogen-bond acceptors (Lipinski definition) is 4. The lowest BCUT2D eigenvalue weighted by molar-refractivity contribution is 0.0730. The number of hydrogen-bond donors (Lipinski definition) is 1. The van der Waals surface area contributed by atoms with E-state index in [9.17, 15) is 13.2 Å². The Balaban J connectivity index is 1.78. The van der Waals surface area contributed by atoms with E-state index in [0.717, 1.165) is 5.56 Å². The fourth-order valence-electron chi connectivity index (χ4n) is 2.89. The third kappa shape index (κ3) is 4.12. The number of sulfonamides is 1. The molecule has 6 nitrogen and oxygen atoms in total. The van der Waals surface area contributed by atoms with Crippen molar-refractivity contribution < 1.29 is 17.9 Å². The van der Waals surface area contributed by atoms with Crippen molar-refractivity contribution in [2.24, 2.45) is 0 Å². The second-order valence-electron chi connectivity index (χ2n) is 6.18. The second-order valence-corrected chi connectivity index (χ2v) is 8.08. The molecule has 1 amide bonds. The average molecular weight is 374 g/mol. The van der Waals surface area contributed by atoms with E-state index in [1.165, 1.54) is 4.31 Å². The van der Waals surface area contributed by atoms with E-state index in [0.29, 0.717) is 37.4 Å². The number of ether oxygens (including phenoxy) is 1. The molecule has 0 saturated carbocycles. The number of nitrogens with zero attached hydrogens (tertiary/aromatic N) is 1. The minimum Gasteiger partial charge on any atom is -0.379 e. The molecule has 0 bridgehead atoms. The van der Waals surface area contributed by atoms with Gasteiger partial charge in [-0.25, -0.2) is 8.42 Å². The Morgan fingerprint density at radius 2 is 1.85 bits per heavy atom. The second kappa shape index (κ2) is 7.99. The maximum absolute atomic E-state index is 12.9. The van der Waals surface area contributed by atoms with E-state index >= 15 is 0 Å². The summed E-state index contributed by atoms with van der Waals surface area (Å²) in [4.78, 5) is 12.6. The molecule has 1 saturated heterocycles. The average Bonchev–Trinajstić information content (AvgIpc) is 2.67. The molecule has 1 N–H and O–H groups in total. The summed E-state index contributed by atoms with van der Waals surface area (Å²) in [5, 5.41) is 2.81. The summed E-state index contributed by atoms with van der Waals surface area (Å²) in [7, 11) is -3.61. The van der Waals surface area contributed by atoms with Crippen molar-refractivity contribution >= 4 is 15.9 Å². The molecule has 2 aromatic carbocycles. The van der Waals surface area contributed by atoms with Crippen LogP contribution in [-0.2, 0) is 21.3 Å². The number of morpholine rings is 1. The molecular weight excluding hydrogens is 352 g/mol. The van der Waals surface area contributed by atoms with Crippen LogP contribution in [0.15, 0.2) is 53.4 Å². The molecule has 1 aliphatic rings. The summed E-state index contributed by atoms with van der Waals surface area (Å²) in [6, 6.07) is 14.0. The van der Waals surface area contributed by atoms with Gasteiger partial charge in [0.15, 0.2) is 0 Å². The van der Waals surface area contributed by atoms with E-state index in [1.807, 2.05) is 19.1 Å². The van der Waals surface area contributed by atoms with E-state index in [-0.39, 0.29) is 17.3 Å². The minimum absolute atomic E-state index is 0.145. The summed E-state index contributed by atoms with van der Waals surface area (Å²) < 4.78 is 32.5. The van der Waals surface area contributed by atoms with Crippen molar-refractivity contribution in [3.8, 4) is 0 Å². The zero-order valence-corrected chi connectivity index (χ0v) is 15.5. The number of rotatable bonds is 5. The standard InChI is InChI=1S/C19H22N2O4S/c1-15-5-4-7-16(13-15)19(22)20-14-17-6-2-3-8-18(17)26(23,24)21-9-11-25-12-10-21/h2-8,13H,9-12,14H2,1H3,(H,20,22). The lowest BCUT2D eigenvalue weighted by Gasteiger charge is -2.27. The van der Waals surface area contributed by atoms with Crippen molar-refractivity contribution in [1.29, 1.82) is 0 Å².